The number of hydrogen-bond donors (Lipinski definition) is 2. The molecule has 3 nitrogen and oxygen atoms in total. The zero-order chi connectivity index (χ0) is 10.6. The summed E-state index contributed by atoms with van der Waals surface area (Å²) >= 11 is 5.61. The molecule has 1 rings (SSSR count). The van der Waals surface area contributed by atoms with Gasteiger partial charge in [0.2, 0.25) is 0 Å². The predicted octanol–water partition coefficient (Wildman–Crippen LogP) is 3.20. The van der Waals surface area contributed by atoms with E-state index in [2.05, 4.69) is 49.2 Å². The number of benzene rings is 1. The van der Waals surface area contributed by atoms with Gasteiger partial charge in [0.25, 0.3) is 0 Å². The topological polar surface area (TPSA) is 41.1 Å². The molecule has 0 unspecified atom stereocenters. The van der Waals surface area contributed by atoms with Gasteiger partial charge in [-0.15, -0.1) is 0 Å². The van der Waals surface area contributed by atoms with Gasteiger partial charge in [0.1, 0.15) is 0 Å². The van der Waals surface area contributed by atoms with Crippen LogP contribution in [0.5, 0.6) is 0 Å². The van der Waals surface area contributed by atoms with E-state index in [1.54, 1.807) is 0 Å². The van der Waals surface area contributed by atoms with Crippen molar-refractivity contribution in [1.29, 1.82) is 0 Å². The van der Waals surface area contributed by atoms with Crippen molar-refractivity contribution < 1.29 is 4.79 Å². The predicted molar refractivity (Wildman–Crippen MR) is 69.6 cm³/mol. The molecule has 0 atom stereocenters. The minimum Gasteiger partial charge on any atom is -0.338 e. The maximum atomic E-state index is 11.2. The molecule has 14 heavy (non-hydrogen) atoms. The highest BCUT2D eigenvalue weighted by molar-refractivity contribution is 14.1. The van der Waals surface area contributed by atoms with Crippen LogP contribution in [0.4, 0.5) is 10.5 Å². The van der Waals surface area contributed by atoms with E-state index in [4.69, 9.17) is 0 Å². The largest absolute Gasteiger partial charge is 0.338 e. The van der Waals surface area contributed by atoms with Crippen molar-refractivity contribution in [3.8, 4) is 0 Å². The van der Waals surface area contributed by atoms with E-state index in [0.29, 0.717) is 6.54 Å². The quantitative estimate of drug-likeness (QED) is 0.773. The molecule has 1 aromatic carbocycles. The highest BCUT2D eigenvalue weighted by Gasteiger charge is 2.01. The van der Waals surface area contributed by atoms with E-state index in [9.17, 15) is 4.79 Å². The van der Waals surface area contributed by atoms with Crippen LogP contribution in [0.1, 0.15) is 6.92 Å². The summed E-state index contributed by atoms with van der Waals surface area (Å²) < 4.78 is 2.09. The monoisotopic (exact) mass is 368 g/mol. The van der Waals surface area contributed by atoms with Crippen LogP contribution in [-0.4, -0.2) is 12.6 Å². The van der Waals surface area contributed by atoms with Gasteiger partial charge in [0.15, 0.2) is 0 Å². The molecule has 0 bridgehead atoms. The first-order chi connectivity index (χ1) is 6.63. The van der Waals surface area contributed by atoms with E-state index in [1.165, 1.54) is 0 Å². The lowest BCUT2D eigenvalue weighted by Gasteiger charge is -2.06. The summed E-state index contributed by atoms with van der Waals surface area (Å²) in [5, 5.41) is 5.39. The zero-order valence-electron chi connectivity index (χ0n) is 7.60. The molecule has 0 aliphatic carbocycles. The second kappa shape index (κ2) is 5.55. The molecule has 0 fully saturated rings. The summed E-state index contributed by atoms with van der Waals surface area (Å²) in [6.07, 6.45) is 0. The van der Waals surface area contributed by atoms with E-state index >= 15 is 0 Å². The second-order valence-corrected chi connectivity index (χ2v) is 4.63. The van der Waals surface area contributed by atoms with Crippen LogP contribution in [0.3, 0.4) is 0 Å². The molecule has 0 saturated carbocycles. The molecule has 2 amide bonds. The van der Waals surface area contributed by atoms with E-state index in [-0.39, 0.29) is 6.03 Å². The number of urea groups is 1. The Balaban J connectivity index is 2.68. The number of rotatable bonds is 2. The highest BCUT2D eigenvalue weighted by Crippen LogP contribution is 2.22. The molecule has 0 aliphatic heterocycles. The van der Waals surface area contributed by atoms with Gasteiger partial charge in [0, 0.05) is 20.3 Å². The number of anilines is 1. The smallest absolute Gasteiger partial charge is 0.319 e. The van der Waals surface area contributed by atoms with Gasteiger partial charge in [-0.3, -0.25) is 0 Å². The summed E-state index contributed by atoms with van der Waals surface area (Å²) in [7, 11) is 0. The lowest BCUT2D eigenvalue weighted by molar-refractivity contribution is 0.252. The van der Waals surface area contributed by atoms with Crippen LogP contribution in [0.2, 0.25) is 0 Å². The SMILES string of the molecule is CCNC(=O)Nc1ccc(I)c(Br)c1. The molecule has 0 aliphatic rings. The summed E-state index contributed by atoms with van der Waals surface area (Å²) in [5.41, 5.74) is 0.781. The van der Waals surface area contributed by atoms with Crippen molar-refractivity contribution in [1.82, 2.24) is 5.32 Å². The van der Waals surface area contributed by atoms with Gasteiger partial charge < -0.3 is 10.6 Å². The number of amides is 2. The Morgan fingerprint density at radius 3 is 2.86 bits per heavy atom. The van der Waals surface area contributed by atoms with Gasteiger partial charge in [-0.05, 0) is 63.6 Å². The fourth-order valence-electron chi connectivity index (χ4n) is 0.910. The fraction of sp³-hybridized carbons (Fsp3) is 0.222. The third-order valence-electron chi connectivity index (χ3n) is 1.51. The first-order valence-electron chi connectivity index (χ1n) is 4.13. The summed E-state index contributed by atoms with van der Waals surface area (Å²) in [5.74, 6) is 0. The molecule has 0 saturated heterocycles. The van der Waals surface area contributed by atoms with Crippen molar-refractivity contribution in [3.05, 3.63) is 26.2 Å². The third-order valence-corrected chi connectivity index (χ3v) is 3.85. The Morgan fingerprint density at radius 2 is 2.29 bits per heavy atom. The maximum Gasteiger partial charge on any atom is 0.319 e. The van der Waals surface area contributed by atoms with E-state index in [0.717, 1.165) is 13.7 Å². The number of carbonyl (C=O) groups excluding carboxylic acids is 1. The van der Waals surface area contributed by atoms with Crippen LogP contribution in [0.15, 0.2) is 22.7 Å². The van der Waals surface area contributed by atoms with Crippen molar-refractivity contribution in [2.24, 2.45) is 0 Å². The number of carbonyl (C=O) groups is 1. The average Bonchev–Trinajstić information content (AvgIpc) is 2.12. The van der Waals surface area contributed by atoms with Crippen molar-refractivity contribution in [2.75, 3.05) is 11.9 Å². The zero-order valence-corrected chi connectivity index (χ0v) is 11.3. The molecule has 0 radical (unpaired) electrons. The summed E-state index contributed by atoms with van der Waals surface area (Å²) in [4.78, 5) is 11.2. The molecule has 1 aromatic rings. The van der Waals surface area contributed by atoms with E-state index < -0.39 is 0 Å². The van der Waals surface area contributed by atoms with Crippen molar-refractivity contribution >= 4 is 50.2 Å². The van der Waals surface area contributed by atoms with Gasteiger partial charge in [-0.25, -0.2) is 4.79 Å². The Hall–Kier alpha value is -0.300. The Morgan fingerprint density at radius 1 is 1.57 bits per heavy atom. The Kier molecular flexibility index (Phi) is 4.67. The first kappa shape index (κ1) is 11.8. The van der Waals surface area contributed by atoms with Crippen LogP contribution < -0.4 is 10.6 Å². The molecule has 2 N–H and O–H groups in total. The van der Waals surface area contributed by atoms with Crippen molar-refractivity contribution in [2.45, 2.75) is 6.92 Å². The van der Waals surface area contributed by atoms with Gasteiger partial charge in [-0.2, -0.15) is 0 Å². The number of halogens is 2. The minimum absolute atomic E-state index is 0.180. The molecule has 0 heterocycles. The molecular weight excluding hydrogens is 359 g/mol. The highest BCUT2D eigenvalue weighted by atomic mass is 127. The molecule has 0 aromatic heterocycles. The van der Waals surface area contributed by atoms with Crippen LogP contribution >= 0.6 is 38.5 Å². The third kappa shape index (κ3) is 3.45. The van der Waals surface area contributed by atoms with Crippen LogP contribution in [0.25, 0.3) is 0 Å². The molecular formula is C9H10BrIN2O. The summed E-state index contributed by atoms with van der Waals surface area (Å²) in [6, 6.07) is 5.49. The lowest BCUT2D eigenvalue weighted by Crippen LogP contribution is -2.28. The van der Waals surface area contributed by atoms with Gasteiger partial charge >= 0.3 is 6.03 Å². The molecule has 76 valence electrons. The minimum atomic E-state index is -0.180. The standard InChI is InChI=1S/C9H10BrIN2O/c1-2-12-9(14)13-6-3-4-8(11)7(10)5-6/h3-5H,2H2,1H3,(H2,12,13,14). The van der Waals surface area contributed by atoms with Crippen LogP contribution in [-0.2, 0) is 0 Å². The van der Waals surface area contributed by atoms with Crippen molar-refractivity contribution in [3.63, 3.8) is 0 Å². The van der Waals surface area contributed by atoms with E-state index in [1.807, 2.05) is 25.1 Å². The maximum absolute atomic E-state index is 11.2. The Bertz CT molecular complexity index is 344. The summed E-state index contributed by atoms with van der Waals surface area (Å²) in [6.45, 7) is 2.50. The van der Waals surface area contributed by atoms with Crippen LogP contribution in [0, 0.1) is 3.57 Å². The molecule has 5 heteroatoms. The van der Waals surface area contributed by atoms with Gasteiger partial charge in [0.05, 0.1) is 0 Å². The first-order valence-corrected chi connectivity index (χ1v) is 6.00. The Labute approximate surface area is 105 Å². The van der Waals surface area contributed by atoms with Gasteiger partial charge in [-0.1, -0.05) is 0 Å². The fourth-order valence-corrected chi connectivity index (χ4v) is 1.62. The average molecular weight is 369 g/mol. The number of hydrogen-bond acceptors (Lipinski definition) is 1. The number of nitrogens with one attached hydrogen (secondary N) is 2. The molecule has 0 spiro atoms. The lowest BCUT2D eigenvalue weighted by atomic mass is 10.3. The normalized spacial score (nSPS) is 9.64. The second-order valence-electron chi connectivity index (χ2n) is 2.61.